The van der Waals surface area contributed by atoms with Crippen molar-refractivity contribution >= 4 is 11.6 Å². The number of rotatable bonds is 3. The summed E-state index contributed by atoms with van der Waals surface area (Å²) in [5.74, 6) is -1.15. The summed E-state index contributed by atoms with van der Waals surface area (Å²) in [7, 11) is 0. The summed E-state index contributed by atoms with van der Waals surface area (Å²) >= 11 is 5.39. The molecule has 84 valence electrons. The van der Waals surface area contributed by atoms with Crippen LogP contribution in [0.5, 0.6) is 5.88 Å². The third-order valence-electron chi connectivity index (χ3n) is 1.41. The molecule has 0 unspecified atom stereocenters. The molecule has 7 heteroatoms. The normalized spacial score (nSPS) is 11.5. The Bertz CT molecular complexity index is 342. The highest BCUT2D eigenvalue weighted by Gasteiger charge is 2.29. The van der Waals surface area contributed by atoms with Gasteiger partial charge in [-0.1, -0.05) is 0 Å². The number of ether oxygens (including phenoxy) is 1. The Morgan fingerprint density at radius 2 is 2.07 bits per heavy atom. The molecule has 0 bridgehead atoms. The second kappa shape index (κ2) is 4.65. The number of hydrogen-bond donors (Lipinski definition) is 0. The van der Waals surface area contributed by atoms with Crippen LogP contribution >= 0.6 is 11.6 Å². The minimum Gasteiger partial charge on any atom is -0.468 e. The number of aromatic nitrogens is 1. The molecule has 0 aliphatic carbocycles. The average molecular weight is 244 g/mol. The fourth-order valence-electron chi connectivity index (χ4n) is 0.845. The van der Waals surface area contributed by atoms with Gasteiger partial charge in [-0.25, -0.2) is 9.37 Å². The molecule has 0 saturated carbocycles. The van der Waals surface area contributed by atoms with Crippen molar-refractivity contribution in [3.8, 4) is 5.88 Å². The highest BCUT2D eigenvalue weighted by Crippen LogP contribution is 2.21. The quantitative estimate of drug-likeness (QED) is 0.602. The zero-order valence-corrected chi connectivity index (χ0v) is 8.07. The minimum absolute atomic E-state index is 0.0842. The van der Waals surface area contributed by atoms with Crippen LogP contribution in [0.2, 0.25) is 0 Å². The smallest absolute Gasteiger partial charge is 0.422 e. The van der Waals surface area contributed by atoms with E-state index in [4.69, 9.17) is 11.6 Å². The Morgan fingerprint density at radius 1 is 1.40 bits per heavy atom. The first-order valence-corrected chi connectivity index (χ1v) is 4.36. The molecule has 0 saturated heterocycles. The van der Waals surface area contributed by atoms with E-state index in [9.17, 15) is 17.6 Å². The number of alkyl halides is 4. The average Bonchev–Trinajstić information content (AvgIpc) is 2.14. The van der Waals surface area contributed by atoms with Crippen LogP contribution in [0.1, 0.15) is 5.56 Å². The summed E-state index contributed by atoms with van der Waals surface area (Å²) in [5, 5.41) is 0. The van der Waals surface area contributed by atoms with Gasteiger partial charge in [-0.2, -0.15) is 13.2 Å². The summed E-state index contributed by atoms with van der Waals surface area (Å²) in [4.78, 5) is 3.37. The fraction of sp³-hybridized carbons (Fsp3) is 0.375. The molecule has 1 heterocycles. The highest BCUT2D eigenvalue weighted by molar-refractivity contribution is 6.17. The van der Waals surface area contributed by atoms with Crippen molar-refractivity contribution in [3.63, 3.8) is 0 Å². The fourth-order valence-corrected chi connectivity index (χ4v) is 1.04. The molecular formula is C8H6ClF4NO. The number of halogens is 5. The largest absolute Gasteiger partial charge is 0.468 e. The van der Waals surface area contributed by atoms with Gasteiger partial charge >= 0.3 is 6.18 Å². The molecule has 0 N–H and O–H groups in total. The second-order valence-electron chi connectivity index (χ2n) is 2.66. The molecule has 1 aromatic rings. The predicted octanol–water partition coefficient (Wildman–Crippen LogP) is 2.90. The molecule has 0 radical (unpaired) electrons. The molecule has 0 aromatic carbocycles. The van der Waals surface area contributed by atoms with E-state index in [1.165, 1.54) is 0 Å². The lowest BCUT2D eigenvalue weighted by Gasteiger charge is -2.10. The van der Waals surface area contributed by atoms with Crippen LogP contribution in [0, 0.1) is 5.82 Å². The first kappa shape index (κ1) is 12.0. The third kappa shape index (κ3) is 3.91. The lowest BCUT2D eigenvalue weighted by molar-refractivity contribution is -0.154. The van der Waals surface area contributed by atoms with Gasteiger partial charge in [0.2, 0.25) is 5.88 Å². The summed E-state index contributed by atoms with van der Waals surface area (Å²) < 4.78 is 52.4. The molecular weight excluding hydrogens is 238 g/mol. The molecule has 1 rings (SSSR count). The Balaban J connectivity index is 2.76. The van der Waals surface area contributed by atoms with Crippen LogP contribution in [0.15, 0.2) is 12.3 Å². The van der Waals surface area contributed by atoms with Crippen LogP contribution in [0.4, 0.5) is 17.6 Å². The van der Waals surface area contributed by atoms with Crippen molar-refractivity contribution in [1.29, 1.82) is 0 Å². The summed E-state index contributed by atoms with van der Waals surface area (Å²) in [6, 6.07) is 0.978. The maximum absolute atomic E-state index is 12.6. The van der Waals surface area contributed by atoms with E-state index < -0.39 is 18.6 Å². The molecule has 2 nitrogen and oxygen atoms in total. The summed E-state index contributed by atoms with van der Waals surface area (Å²) in [5.41, 5.74) is 0.0842. The Kier molecular flexibility index (Phi) is 3.73. The van der Waals surface area contributed by atoms with E-state index in [1.54, 1.807) is 0 Å². The van der Waals surface area contributed by atoms with Gasteiger partial charge in [0, 0.05) is 5.56 Å². The van der Waals surface area contributed by atoms with Crippen molar-refractivity contribution in [2.24, 2.45) is 0 Å². The zero-order chi connectivity index (χ0) is 11.5. The topological polar surface area (TPSA) is 22.1 Å². The molecule has 15 heavy (non-hydrogen) atoms. The Labute approximate surface area is 87.8 Å². The minimum atomic E-state index is -4.46. The Morgan fingerprint density at radius 3 is 2.60 bits per heavy atom. The van der Waals surface area contributed by atoms with E-state index in [-0.39, 0.29) is 17.3 Å². The number of nitrogens with zero attached hydrogens (tertiary/aromatic N) is 1. The molecule has 0 spiro atoms. The molecule has 1 aromatic heterocycles. The van der Waals surface area contributed by atoms with Crippen LogP contribution in [-0.2, 0) is 5.88 Å². The van der Waals surface area contributed by atoms with Crippen molar-refractivity contribution < 1.29 is 22.3 Å². The molecule has 0 aliphatic heterocycles. The number of hydrogen-bond acceptors (Lipinski definition) is 2. The van der Waals surface area contributed by atoms with Crippen LogP contribution in [-0.4, -0.2) is 17.8 Å². The molecule has 0 fully saturated rings. The molecule has 0 aliphatic rings. The standard InChI is InChI=1S/C8H6ClF4NO/c9-2-5-1-6(10)3-14-7(5)15-4-8(11,12)13/h1,3H,2,4H2. The van der Waals surface area contributed by atoms with E-state index in [2.05, 4.69) is 9.72 Å². The number of pyridine rings is 1. The van der Waals surface area contributed by atoms with E-state index >= 15 is 0 Å². The van der Waals surface area contributed by atoms with Gasteiger partial charge in [-0.15, -0.1) is 11.6 Å². The van der Waals surface area contributed by atoms with Crippen molar-refractivity contribution in [1.82, 2.24) is 4.98 Å². The predicted molar refractivity (Wildman–Crippen MR) is 45.3 cm³/mol. The van der Waals surface area contributed by atoms with Gasteiger partial charge in [-0.05, 0) is 6.07 Å². The van der Waals surface area contributed by atoms with Gasteiger partial charge in [0.15, 0.2) is 6.61 Å². The van der Waals surface area contributed by atoms with Gasteiger partial charge in [0.1, 0.15) is 5.82 Å². The zero-order valence-electron chi connectivity index (χ0n) is 7.31. The third-order valence-corrected chi connectivity index (χ3v) is 1.70. The highest BCUT2D eigenvalue weighted by atomic mass is 35.5. The van der Waals surface area contributed by atoms with Crippen molar-refractivity contribution in [2.75, 3.05) is 6.61 Å². The van der Waals surface area contributed by atoms with Crippen LogP contribution < -0.4 is 4.74 Å². The second-order valence-corrected chi connectivity index (χ2v) is 2.92. The monoisotopic (exact) mass is 243 g/mol. The van der Waals surface area contributed by atoms with Crippen molar-refractivity contribution in [3.05, 3.63) is 23.6 Å². The van der Waals surface area contributed by atoms with Gasteiger partial charge < -0.3 is 4.74 Å². The van der Waals surface area contributed by atoms with Gasteiger partial charge in [0.05, 0.1) is 12.1 Å². The molecule has 0 atom stereocenters. The maximum atomic E-state index is 12.6. The van der Waals surface area contributed by atoms with E-state index in [0.29, 0.717) is 0 Å². The van der Waals surface area contributed by atoms with E-state index in [1.807, 2.05) is 0 Å². The SMILES string of the molecule is Fc1cnc(OCC(F)(F)F)c(CCl)c1. The summed E-state index contributed by atoms with van der Waals surface area (Å²) in [6.07, 6.45) is -3.69. The lowest BCUT2D eigenvalue weighted by atomic mass is 10.3. The van der Waals surface area contributed by atoms with Crippen LogP contribution in [0.25, 0.3) is 0 Å². The lowest BCUT2D eigenvalue weighted by Crippen LogP contribution is -2.20. The van der Waals surface area contributed by atoms with Crippen molar-refractivity contribution in [2.45, 2.75) is 12.1 Å². The summed E-state index contributed by atoms with van der Waals surface area (Å²) in [6.45, 7) is -1.48. The van der Waals surface area contributed by atoms with Gasteiger partial charge in [-0.3, -0.25) is 0 Å². The maximum Gasteiger partial charge on any atom is 0.422 e. The molecule has 0 amide bonds. The first-order chi connectivity index (χ1) is 6.92. The van der Waals surface area contributed by atoms with Crippen LogP contribution in [0.3, 0.4) is 0 Å². The first-order valence-electron chi connectivity index (χ1n) is 3.82. The van der Waals surface area contributed by atoms with E-state index in [0.717, 1.165) is 12.3 Å². The van der Waals surface area contributed by atoms with Gasteiger partial charge in [0.25, 0.3) is 0 Å². The Hall–Kier alpha value is -1.04.